The number of rotatable bonds is 7. The fourth-order valence-electron chi connectivity index (χ4n) is 2.67. The van der Waals surface area contributed by atoms with Crippen LogP contribution in [-0.4, -0.2) is 28.3 Å². The molecule has 0 fully saturated rings. The quantitative estimate of drug-likeness (QED) is 0.785. The van der Waals surface area contributed by atoms with Crippen LogP contribution in [0.5, 0.6) is 0 Å². The van der Waals surface area contributed by atoms with Gasteiger partial charge in [-0.15, -0.1) is 0 Å². The lowest BCUT2D eigenvalue weighted by Gasteiger charge is -2.19. The summed E-state index contributed by atoms with van der Waals surface area (Å²) in [5, 5.41) is 5.65. The van der Waals surface area contributed by atoms with E-state index >= 15 is 0 Å². The van der Waals surface area contributed by atoms with Crippen LogP contribution in [0.15, 0.2) is 24.3 Å². The van der Waals surface area contributed by atoms with Gasteiger partial charge in [-0.05, 0) is 25.8 Å². The fraction of sp³-hybridized carbons (Fsp3) is 0.529. The predicted molar refractivity (Wildman–Crippen MR) is 84.4 cm³/mol. The summed E-state index contributed by atoms with van der Waals surface area (Å²) in [6.07, 6.45) is -0.0170. The van der Waals surface area contributed by atoms with Crippen molar-refractivity contribution in [1.29, 1.82) is 0 Å². The van der Waals surface area contributed by atoms with Gasteiger partial charge in [0.15, 0.2) is 5.78 Å². The van der Waals surface area contributed by atoms with Crippen LogP contribution < -0.4 is 0 Å². The third-order valence-electron chi connectivity index (χ3n) is 3.64. The van der Waals surface area contributed by atoms with E-state index in [1.807, 2.05) is 49.7 Å². The summed E-state index contributed by atoms with van der Waals surface area (Å²) in [5.41, 5.74) is 1.93. The number of hydrogen-bond donors (Lipinski definition) is 0. The molecule has 0 aliphatic carbocycles. The Labute approximate surface area is 126 Å². The van der Waals surface area contributed by atoms with E-state index in [0.29, 0.717) is 13.0 Å². The zero-order valence-electron chi connectivity index (χ0n) is 13.3. The molecule has 21 heavy (non-hydrogen) atoms. The van der Waals surface area contributed by atoms with Crippen molar-refractivity contribution in [2.24, 2.45) is 5.92 Å². The Bertz CT molecular complexity index is 616. The Kier molecular flexibility index (Phi) is 5.12. The van der Waals surface area contributed by atoms with E-state index in [9.17, 15) is 4.79 Å². The highest BCUT2D eigenvalue weighted by atomic mass is 16.5. The first kappa shape index (κ1) is 15.7. The topological polar surface area (TPSA) is 44.1 Å². The van der Waals surface area contributed by atoms with Crippen LogP contribution in [-0.2, 0) is 22.5 Å². The number of hydrogen-bond acceptors (Lipinski definition) is 3. The largest absolute Gasteiger partial charge is 0.370 e. The molecule has 1 aromatic carbocycles. The molecule has 2 rings (SSSR count). The number of carbonyl (C=O) groups excluding carboxylic acids is 1. The summed E-state index contributed by atoms with van der Waals surface area (Å²) in [4.78, 5) is 12.5. The molecule has 0 saturated carbocycles. The molecule has 1 heterocycles. The average molecular weight is 288 g/mol. The molecule has 2 aromatic rings. The van der Waals surface area contributed by atoms with Gasteiger partial charge in [-0.25, -0.2) is 0 Å². The maximum absolute atomic E-state index is 12.5. The predicted octanol–water partition coefficient (Wildman–Crippen LogP) is 3.23. The molecule has 0 radical (unpaired) electrons. The second-order valence-corrected chi connectivity index (χ2v) is 5.54. The molecule has 0 aliphatic heterocycles. The Morgan fingerprint density at radius 2 is 2.00 bits per heavy atom. The molecular formula is C17H24N2O2. The Morgan fingerprint density at radius 3 is 2.62 bits per heavy atom. The first-order chi connectivity index (χ1) is 10.1. The number of aryl methyl sites for hydroxylation is 1. The summed E-state index contributed by atoms with van der Waals surface area (Å²) in [5.74, 6) is 0.287. The summed E-state index contributed by atoms with van der Waals surface area (Å²) < 4.78 is 7.55. The Hall–Kier alpha value is -1.68. The lowest BCUT2D eigenvalue weighted by Crippen LogP contribution is -2.31. The molecule has 0 N–H and O–H groups in total. The molecule has 1 unspecified atom stereocenters. The minimum absolute atomic E-state index is 0.110. The van der Waals surface area contributed by atoms with Gasteiger partial charge in [-0.2, -0.15) is 5.10 Å². The summed E-state index contributed by atoms with van der Waals surface area (Å²) in [7, 11) is 0. The highest BCUT2D eigenvalue weighted by Crippen LogP contribution is 2.20. The monoisotopic (exact) mass is 288 g/mol. The van der Waals surface area contributed by atoms with Crippen LogP contribution in [0, 0.1) is 5.92 Å². The minimum atomic E-state index is -0.347. The molecule has 4 nitrogen and oxygen atoms in total. The molecule has 0 bridgehead atoms. The lowest BCUT2D eigenvalue weighted by molar-refractivity contribution is -0.132. The van der Waals surface area contributed by atoms with Crippen molar-refractivity contribution < 1.29 is 9.53 Å². The number of nitrogens with zero attached hydrogens (tertiary/aromatic N) is 2. The summed E-state index contributed by atoms with van der Waals surface area (Å²) >= 11 is 0. The van der Waals surface area contributed by atoms with Gasteiger partial charge >= 0.3 is 0 Å². The van der Waals surface area contributed by atoms with Crippen molar-refractivity contribution in [2.45, 2.75) is 46.8 Å². The van der Waals surface area contributed by atoms with Crippen molar-refractivity contribution in [1.82, 2.24) is 9.78 Å². The number of aromatic nitrogens is 2. The maximum atomic E-state index is 12.5. The number of ether oxygens (including phenoxy) is 1. The van der Waals surface area contributed by atoms with Crippen molar-refractivity contribution in [2.75, 3.05) is 6.61 Å². The van der Waals surface area contributed by atoms with E-state index in [1.54, 1.807) is 0 Å². The van der Waals surface area contributed by atoms with Crippen molar-refractivity contribution in [3.63, 3.8) is 0 Å². The molecule has 0 spiro atoms. The van der Waals surface area contributed by atoms with Crippen molar-refractivity contribution in [3.05, 3.63) is 30.0 Å². The van der Waals surface area contributed by atoms with Crippen LogP contribution in [0.3, 0.4) is 0 Å². The van der Waals surface area contributed by atoms with Gasteiger partial charge in [-0.1, -0.05) is 32.0 Å². The molecule has 4 heteroatoms. The SMILES string of the molecule is CCOC(C(=O)Cc1nn(CC)c2ccccc12)C(C)C. The van der Waals surface area contributed by atoms with Gasteiger partial charge < -0.3 is 4.74 Å². The maximum Gasteiger partial charge on any atom is 0.167 e. The van der Waals surface area contributed by atoms with Crippen molar-refractivity contribution in [3.8, 4) is 0 Å². The standard InChI is InChI=1S/C17H24N2O2/c1-5-19-15-10-8-7-9-13(15)14(18-19)11-16(20)17(12(3)4)21-6-2/h7-10,12,17H,5-6,11H2,1-4H3. The lowest BCUT2D eigenvalue weighted by atomic mass is 9.99. The van der Waals surface area contributed by atoms with E-state index in [2.05, 4.69) is 12.0 Å². The van der Waals surface area contributed by atoms with Gasteiger partial charge in [0, 0.05) is 18.5 Å². The van der Waals surface area contributed by atoms with E-state index in [4.69, 9.17) is 4.74 Å². The van der Waals surface area contributed by atoms with E-state index < -0.39 is 0 Å². The van der Waals surface area contributed by atoms with Gasteiger partial charge in [0.1, 0.15) is 6.10 Å². The first-order valence-corrected chi connectivity index (χ1v) is 7.67. The third-order valence-corrected chi connectivity index (χ3v) is 3.64. The van der Waals surface area contributed by atoms with Gasteiger partial charge in [-0.3, -0.25) is 9.48 Å². The van der Waals surface area contributed by atoms with Crippen LogP contribution in [0.2, 0.25) is 0 Å². The smallest absolute Gasteiger partial charge is 0.167 e. The minimum Gasteiger partial charge on any atom is -0.370 e. The van der Waals surface area contributed by atoms with Crippen LogP contribution in [0.4, 0.5) is 0 Å². The summed E-state index contributed by atoms with van der Waals surface area (Å²) in [6, 6.07) is 8.06. The summed E-state index contributed by atoms with van der Waals surface area (Å²) in [6.45, 7) is 9.36. The molecule has 0 saturated heterocycles. The van der Waals surface area contributed by atoms with Gasteiger partial charge in [0.2, 0.25) is 0 Å². The molecule has 1 aromatic heterocycles. The first-order valence-electron chi connectivity index (χ1n) is 7.67. The normalized spacial score (nSPS) is 13.0. The van der Waals surface area contributed by atoms with Crippen LogP contribution in [0.25, 0.3) is 10.9 Å². The number of benzene rings is 1. The third kappa shape index (κ3) is 3.32. The van der Waals surface area contributed by atoms with E-state index in [-0.39, 0.29) is 17.8 Å². The Morgan fingerprint density at radius 1 is 1.29 bits per heavy atom. The highest BCUT2D eigenvalue weighted by molar-refractivity contribution is 5.90. The number of Topliss-reactive ketones (excluding diaryl/α,β-unsaturated/α-hetero) is 1. The van der Waals surface area contributed by atoms with Gasteiger partial charge in [0.05, 0.1) is 17.6 Å². The zero-order chi connectivity index (χ0) is 15.4. The second-order valence-electron chi connectivity index (χ2n) is 5.54. The molecule has 0 aliphatic rings. The Balaban J connectivity index is 2.29. The molecule has 114 valence electrons. The van der Waals surface area contributed by atoms with E-state index in [1.165, 1.54) is 0 Å². The number of ketones is 1. The number of carbonyl (C=O) groups is 1. The highest BCUT2D eigenvalue weighted by Gasteiger charge is 2.24. The average Bonchev–Trinajstić information content (AvgIpc) is 2.82. The second kappa shape index (κ2) is 6.85. The number of fused-ring (bicyclic) bond motifs is 1. The molecule has 1 atom stereocenters. The molecule has 0 amide bonds. The van der Waals surface area contributed by atoms with Crippen LogP contribution in [0.1, 0.15) is 33.4 Å². The van der Waals surface area contributed by atoms with E-state index in [0.717, 1.165) is 23.1 Å². The van der Waals surface area contributed by atoms with Gasteiger partial charge in [0.25, 0.3) is 0 Å². The molecular weight excluding hydrogens is 264 g/mol. The van der Waals surface area contributed by atoms with Crippen molar-refractivity contribution >= 4 is 16.7 Å². The fourth-order valence-corrected chi connectivity index (χ4v) is 2.67. The van der Waals surface area contributed by atoms with Crippen LogP contribution >= 0.6 is 0 Å². The number of para-hydroxylation sites is 1. The zero-order valence-corrected chi connectivity index (χ0v) is 13.3.